The van der Waals surface area contributed by atoms with Crippen molar-refractivity contribution in [3.8, 4) is 0 Å². The largest absolute Gasteiger partial charge is 0.344 e. The standard InChI is InChI=1S/C16H20N2/c1-12-5-4-6-13(2)16(12)18(3)15-9-7-14(11-17)8-10-15/h4-10H,11,17H2,1-3H3. The van der Waals surface area contributed by atoms with Crippen LogP contribution in [0.1, 0.15) is 16.7 Å². The number of nitrogens with zero attached hydrogens (tertiary/aromatic N) is 1. The van der Waals surface area contributed by atoms with Crippen LogP contribution in [-0.4, -0.2) is 7.05 Å². The van der Waals surface area contributed by atoms with Crippen molar-refractivity contribution in [2.75, 3.05) is 11.9 Å². The highest BCUT2D eigenvalue weighted by atomic mass is 15.1. The van der Waals surface area contributed by atoms with Gasteiger partial charge in [-0.3, -0.25) is 0 Å². The topological polar surface area (TPSA) is 29.3 Å². The zero-order valence-electron chi connectivity index (χ0n) is 11.3. The summed E-state index contributed by atoms with van der Waals surface area (Å²) in [6.07, 6.45) is 0. The first-order chi connectivity index (χ1) is 8.63. The van der Waals surface area contributed by atoms with Gasteiger partial charge in [-0.25, -0.2) is 0 Å². The number of nitrogens with two attached hydrogens (primary N) is 1. The molecule has 0 amide bonds. The first-order valence-electron chi connectivity index (χ1n) is 6.22. The van der Waals surface area contributed by atoms with E-state index in [0.717, 1.165) is 5.56 Å². The van der Waals surface area contributed by atoms with Gasteiger partial charge in [-0.1, -0.05) is 30.3 Å². The van der Waals surface area contributed by atoms with E-state index in [1.807, 2.05) is 0 Å². The van der Waals surface area contributed by atoms with Crippen LogP contribution < -0.4 is 10.6 Å². The van der Waals surface area contributed by atoms with Gasteiger partial charge < -0.3 is 10.6 Å². The molecule has 2 aromatic rings. The number of rotatable bonds is 3. The Morgan fingerprint density at radius 3 is 2.00 bits per heavy atom. The second-order valence-electron chi connectivity index (χ2n) is 4.67. The zero-order chi connectivity index (χ0) is 13.1. The van der Waals surface area contributed by atoms with Crippen molar-refractivity contribution in [3.63, 3.8) is 0 Å². The van der Waals surface area contributed by atoms with Crippen molar-refractivity contribution in [2.45, 2.75) is 20.4 Å². The molecule has 94 valence electrons. The van der Waals surface area contributed by atoms with Crippen LogP contribution in [-0.2, 0) is 6.54 Å². The fourth-order valence-corrected chi connectivity index (χ4v) is 2.32. The van der Waals surface area contributed by atoms with Gasteiger partial charge in [0.1, 0.15) is 0 Å². The van der Waals surface area contributed by atoms with Gasteiger partial charge in [0.15, 0.2) is 0 Å². The Balaban J connectivity index is 2.38. The molecule has 2 heteroatoms. The average Bonchev–Trinajstić information content (AvgIpc) is 2.38. The number of anilines is 2. The molecule has 0 bridgehead atoms. The summed E-state index contributed by atoms with van der Waals surface area (Å²) in [5.41, 5.74) is 11.8. The second-order valence-corrected chi connectivity index (χ2v) is 4.67. The molecule has 0 unspecified atom stereocenters. The predicted molar refractivity (Wildman–Crippen MR) is 78.3 cm³/mol. The van der Waals surface area contributed by atoms with E-state index in [1.165, 1.54) is 22.5 Å². The van der Waals surface area contributed by atoms with Crippen molar-refractivity contribution in [1.82, 2.24) is 0 Å². The molecule has 0 saturated carbocycles. The van der Waals surface area contributed by atoms with Crippen molar-refractivity contribution in [1.29, 1.82) is 0 Å². The lowest BCUT2D eigenvalue weighted by Crippen LogP contribution is -2.12. The van der Waals surface area contributed by atoms with Crippen LogP contribution in [0.25, 0.3) is 0 Å². The molecule has 0 atom stereocenters. The minimum absolute atomic E-state index is 0.591. The van der Waals surface area contributed by atoms with E-state index in [0.29, 0.717) is 6.54 Å². The Hall–Kier alpha value is -1.80. The van der Waals surface area contributed by atoms with Crippen LogP contribution in [0, 0.1) is 13.8 Å². The van der Waals surface area contributed by atoms with Gasteiger partial charge in [-0.05, 0) is 42.7 Å². The lowest BCUT2D eigenvalue weighted by atomic mass is 10.1. The van der Waals surface area contributed by atoms with Crippen molar-refractivity contribution < 1.29 is 0 Å². The SMILES string of the molecule is Cc1cccc(C)c1N(C)c1ccc(CN)cc1. The summed E-state index contributed by atoms with van der Waals surface area (Å²) in [4.78, 5) is 2.23. The molecule has 0 aliphatic rings. The van der Waals surface area contributed by atoms with Gasteiger partial charge in [0, 0.05) is 25.0 Å². The molecule has 0 heterocycles. The summed E-state index contributed by atoms with van der Waals surface area (Å²) in [5.74, 6) is 0. The van der Waals surface area contributed by atoms with Gasteiger partial charge in [0.25, 0.3) is 0 Å². The van der Waals surface area contributed by atoms with Crippen molar-refractivity contribution >= 4 is 11.4 Å². The monoisotopic (exact) mass is 240 g/mol. The van der Waals surface area contributed by atoms with E-state index in [9.17, 15) is 0 Å². The summed E-state index contributed by atoms with van der Waals surface area (Å²) in [6, 6.07) is 14.8. The second kappa shape index (κ2) is 5.23. The lowest BCUT2D eigenvalue weighted by Gasteiger charge is -2.24. The zero-order valence-corrected chi connectivity index (χ0v) is 11.3. The minimum atomic E-state index is 0.591. The normalized spacial score (nSPS) is 10.4. The summed E-state index contributed by atoms with van der Waals surface area (Å²) in [5, 5.41) is 0. The van der Waals surface area contributed by atoms with Crippen LogP contribution in [0.15, 0.2) is 42.5 Å². The van der Waals surface area contributed by atoms with Gasteiger partial charge >= 0.3 is 0 Å². The van der Waals surface area contributed by atoms with Gasteiger partial charge in [-0.15, -0.1) is 0 Å². The number of hydrogen-bond donors (Lipinski definition) is 1. The quantitative estimate of drug-likeness (QED) is 0.889. The van der Waals surface area contributed by atoms with Crippen LogP contribution >= 0.6 is 0 Å². The molecular weight excluding hydrogens is 220 g/mol. The van der Waals surface area contributed by atoms with E-state index in [4.69, 9.17) is 5.73 Å². The van der Waals surface area contributed by atoms with Gasteiger partial charge in [0.2, 0.25) is 0 Å². The molecule has 0 saturated heterocycles. The molecular formula is C16H20N2. The maximum atomic E-state index is 5.62. The number of aryl methyl sites for hydroxylation is 2. The summed E-state index contributed by atoms with van der Waals surface area (Å²) in [6.45, 7) is 4.88. The molecule has 0 spiro atoms. The smallest absolute Gasteiger partial charge is 0.0467 e. The molecule has 2 rings (SSSR count). The molecule has 0 aromatic heterocycles. The van der Waals surface area contributed by atoms with Gasteiger partial charge in [0.05, 0.1) is 0 Å². The van der Waals surface area contributed by atoms with Crippen molar-refractivity contribution in [2.24, 2.45) is 5.73 Å². The summed E-state index contributed by atoms with van der Waals surface area (Å²) in [7, 11) is 2.10. The first kappa shape index (κ1) is 12.7. The summed E-state index contributed by atoms with van der Waals surface area (Å²) < 4.78 is 0. The molecule has 18 heavy (non-hydrogen) atoms. The Labute approximate surface area is 109 Å². The molecule has 0 fully saturated rings. The van der Waals surface area contributed by atoms with Crippen molar-refractivity contribution in [3.05, 3.63) is 59.2 Å². The first-order valence-corrected chi connectivity index (χ1v) is 6.22. The fourth-order valence-electron chi connectivity index (χ4n) is 2.32. The molecule has 0 radical (unpaired) electrons. The highest BCUT2D eigenvalue weighted by Crippen LogP contribution is 2.29. The van der Waals surface area contributed by atoms with Gasteiger partial charge in [-0.2, -0.15) is 0 Å². The van der Waals surface area contributed by atoms with Crippen LogP contribution in [0.3, 0.4) is 0 Å². The molecule has 0 aliphatic heterocycles. The van der Waals surface area contributed by atoms with E-state index in [2.05, 4.69) is 68.3 Å². The van der Waals surface area contributed by atoms with E-state index < -0.39 is 0 Å². The highest BCUT2D eigenvalue weighted by molar-refractivity contribution is 5.68. The third-order valence-electron chi connectivity index (χ3n) is 3.33. The maximum absolute atomic E-state index is 5.62. The maximum Gasteiger partial charge on any atom is 0.0467 e. The third-order valence-corrected chi connectivity index (χ3v) is 3.33. The molecule has 2 N–H and O–H groups in total. The predicted octanol–water partition coefficient (Wildman–Crippen LogP) is 3.53. The lowest BCUT2D eigenvalue weighted by molar-refractivity contribution is 1.07. The van der Waals surface area contributed by atoms with E-state index in [1.54, 1.807) is 0 Å². The Bertz CT molecular complexity index is 509. The van der Waals surface area contributed by atoms with E-state index >= 15 is 0 Å². The fraction of sp³-hybridized carbons (Fsp3) is 0.250. The molecule has 0 aliphatic carbocycles. The minimum Gasteiger partial charge on any atom is -0.344 e. The Morgan fingerprint density at radius 2 is 1.50 bits per heavy atom. The van der Waals surface area contributed by atoms with Crippen LogP contribution in [0.4, 0.5) is 11.4 Å². The number of hydrogen-bond acceptors (Lipinski definition) is 2. The van der Waals surface area contributed by atoms with E-state index in [-0.39, 0.29) is 0 Å². The summed E-state index contributed by atoms with van der Waals surface area (Å²) >= 11 is 0. The Morgan fingerprint density at radius 1 is 0.944 bits per heavy atom. The number of para-hydroxylation sites is 1. The third kappa shape index (κ3) is 2.39. The van der Waals surface area contributed by atoms with Crippen LogP contribution in [0.5, 0.6) is 0 Å². The molecule has 2 aromatic carbocycles. The average molecular weight is 240 g/mol. The highest BCUT2D eigenvalue weighted by Gasteiger charge is 2.09. The Kier molecular flexibility index (Phi) is 3.68. The number of benzene rings is 2. The van der Waals surface area contributed by atoms with Crippen LogP contribution in [0.2, 0.25) is 0 Å². The molecule has 2 nitrogen and oxygen atoms in total.